The molecule has 100 valence electrons. The molecule has 2 rings (SSSR count). The Balaban J connectivity index is 2.08. The van der Waals surface area contributed by atoms with Gasteiger partial charge in [0, 0.05) is 17.8 Å². The topological polar surface area (TPSA) is 21.3 Å². The van der Waals surface area contributed by atoms with E-state index in [1.54, 1.807) is 6.07 Å². The zero-order valence-electron chi connectivity index (χ0n) is 11.6. The summed E-state index contributed by atoms with van der Waals surface area (Å²) in [6.07, 6.45) is 2.34. The predicted octanol–water partition coefficient (Wildman–Crippen LogP) is 4.07. The van der Waals surface area contributed by atoms with E-state index < -0.39 is 0 Å². The Bertz CT molecular complexity index is 431. The van der Waals surface area contributed by atoms with Gasteiger partial charge in [-0.3, -0.25) is 0 Å². The van der Waals surface area contributed by atoms with Gasteiger partial charge in [0.25, 0.3) is 0 Å². The first-order valence-electron chi connectivity index (χ1n) is 6.51. The quantitative estimate of drug-likeness (QED) is 0.874. The summed E-state index contributed by atoms with van der Waals surface area (Å²) in [7, 11) is 1.48. The van der Waals surface area contributed by atoms with Crippen molar-refractivity contribution in [2.45, 2.75) is 39.7 Å². The van der Waals surface area contributed by atoms with Crippen LogP contribution in [0.3, 0.4) is 0 Å². The molecular formula is C15H22FNO. The predicted molar refractivity (Wildman–Crippen MR) is 72.5 cm³/mol. The fourth-order valence-electron chi connectivity index (χ4n) is 3.06. The second-order valence-electron chi connectivity index (χ2n) is 6.15. The number of benzene rings is 1. The maximum atomic E-state index is 13.6. The zero-order chi connectivity index (χ0) is 13.3. The van der Waals surface area contributed by atoms with Crippen molar-refractivity contribution in [2.24, 2.45) is 11.3 Å². The first-order chi connectivity index (χ1) is 8.41. The molecule has 2 unspecified atom stereocenters. The minimum absolute atomic E-state index is 0.292. The van der Waals surface area contributed by atoms with Crippen molar-refractivity contribution in [1.82, 2.24) is 0 Å². The van der Waals surface area contributed by atoms with Crippen LogP contribution in [0.15, 0.2) is 18.2 Å². The van der Waals surface area contributed by atoms with Gasteiger partial charge in [0.15, 0.2) is 11.6 Å². The smallest absolute Gasteiger partial charge is 0.167 e. The molecule has 2 nitrogen and oxygen atoms in total. The van der Waals surface area contributed by atoms with E-state index in [-0.39, 0.29) is 5.82 Å². The molecule has 1 aromatic rings. The van der Waals surface area contributed by atoms with E-state index in [0.29, 0.717) is 23.1 Å². The van der Waals surface area contributed by atoms with E-state index in [9.17, 15) is 4.39 Å². The average molecular weight is 251 g/mol. The van der Waals surface area contributed by atoms with E-state index >= 15 is 0 Å². The normalized spacial score (nSPS) is 26.1. The molecule has 1 aliphatic carbocycles. The van der Waals surface area contributed by atoms with E-state index in [2.05, 4.69) is 26.1 Å². The van der Waals surface area contributed by atoms with E-state index in [1.165, 1.54) is 19.6 Å². The van der Waals surface area contributed by atoms with Crippen LogP contribution in [-0.2, 0) is 0 Å². The lowest BCUT2D eigenvalue weighted by atomic mass is 9.91. The first-order valence-corrected chi connectivity index (χ1v) is 6.51. The van der Waals surface area contributed by atoms with Gasteiger partial charge in [-0.2, -0.15) is 0 Å². The Morgan fingerprint density at radius 3 is 2.56 bits per heavy atom. The highest BCUT2D eigenvalue weighted by atomic mass is 19.1. The number of hydrogen-bond donors (Lipinski definition) is 1. The van der Waals surface area contributed by atoms with Crippen molar-refractivity contribution in [1.29, 1.82) is 0 Å². The summed E-state index contributed by atoms with van der Waals surface area (Å²) in [5.41, 5.74) is 1.21. The molecule has 1 N–H and O–H groups in total. The van der Waals surface area contributed by atoms with Crippen LogP contribution in [0.25, 0.3) is 0 Å². The summed E-state index contributed by atoms with van der Waals surface area (Å²) in [5.74, 6) is 0.595. The van der Waals surface area contributed by atoms with Crippen molar-refractivity contribution < 1.29 is 9.13 Å². The number of anilines is 1. The fraction of sp³-hybridized carbons (Fsp3) is 0.600. The second kappa shape index (κ2) is 4.79. The summed E-state index contributed by atoms with van der Waals surface area (Å²) in [6, 6.07) is 5.48. The Kier molecular flexibility index (Phi) is 3.51. The SMILES string of the molecule is COc1ccc(NC2CC(C)(C)CC2C)cc1F. The van der Waals surface area contributed by atoms with Crippen LogP contribution in [0.2, 0.25) is 0 Å². The molecule has 0 radical (unpaired) electrons. The number of halogens is 1. The number of methoxy groups -OCH3 is 1. The van der Waals surface area contributed by atoms with E-state index in [0.717, 1.165) is 12.1 Å². The van der Waals surface area contributed by atoms with Crippen LogP contribution in [0.5, 0.6) is 5.75 Å². The third-order valence-electron chi connectivity index (χ3n) is 3.84. The number of ether oxygens (including phenoxy) is 1. The molecule has 1 fully saturated rings. The minimum Gasteiger partial charge on any atom is -0.494 e. The zero-order valence-corrected chi connectivity index (χ0v) is 11.6. The van der Waals surface area contributed by atoms with Crippen LogP contribution in [0.1, 0.15) is 33.6 Å². The molecule has 0 bridgehead atoms. The maximum Gasteiger partial charge on any atom is 0.167 e. The number of rotatable bonds is 3. The molecule has 0 aliphatic heterocycles. The second-order valence-corrected chi connectivity index (χ2v) is 6.15. The molecule has 1 aromatic carbocycles. The van der Waals surface area contributed by atoms with Crippen LogP contribution < -0.4 is 10.1 Å². The van der Waals surface area contributed by atoms with Gasteiger partial charge in [0.1, 0.15) is 0 Å². The fourth-order valence-corrected chi connectivity index (χ4v) is 3.06. The summed E-state index contributed by atoms with van der Waals surface area (Å²) in [5, 5.41) is 3.44. The molecule has 0 aromatic heterocycles. The van der Waals surface area contributed by atoms with Gasteiger partial charge < -0.3 is 10.1 Å². The summed E-state index contributed by atoms with van der Waals surface area (Å²) >= 11 is 0. The summed E-state index contributed by atoms with van der Waals surface area (Å²) in [6.45, 7) is 6.84. The Labute approximate surface area is 109 Å². The van der Waals surface area contributed by atoms with Crippen LogP contribution in [-0.4, -0.2) is 13.2 Å². The van der Waals surface area contributed by atoms with Gasteiger partial charge in [-0.05, 0) is 36.3 Å². The summed E-state index contributed by atoms with van der Waals surface area (Å²) < 4.78 is 18.5. The minimum atomic E-state index is -0.313. The molecule has 0 saturated heterocycles. The van der Waals surface area contributed by atoms with Crippen LogP contribution >= 0.6 is 0 Å². The molecule has 2 atom stereocenters. The van der Waals surface area contributed by atoms with Gasteiger partial charge in [0.2, 0.25) is 0 Å². The standard InChI is InChI=1S/C15H22FNO/c1-10-8-15(2,3)9-13(10)17-11-5-6-14(18-4)12(16)7-11/h5-7,10,13,17H,8-9H2,1-4H3. The maximum absolute atomic E-state index is 13.6. The Morgan fingerprint density at radius 2 is 2.06 bits per heavy atom. The van der Waals surface area contributed by atoms with Crippen LogP contribution in [0, 0.1) is 17.2 Å². The van der Waals surface area contributed by atoms with Crippen molar-refractivity contribution >= 4 is 5.69 Å². The number of hydrogen-bond acceptors (Lipinski definition) is 2. The molecule has 0 amide bonds. The molecule has 0 heterocycles. The van der Waals surface area contributed by atoms with Crippen LogP contribution in [0.4, 0.5) is 10.1 Å². The van der Waals surface area contributed by atoms with Crippen molar-refractivity contribution in [3.8, 4) is 5.75 Å². The monoisotopic (exact) mass is 251 g/mol. The Morgan fingerprint density at radius 1 is 1.33 bits per heavy atom. The lowest BCUT2D eigenvalue weighted by molar-refractivity contribution is 0.366. The summed E-state index contributed by atoms with van der Waals surface area (Å²) in [4.78, 5) is 0. The molecule has 0 spiro atoms. The van der Waals surface area contributed by atoms with Crippen molar-refractivity contribution in [3.05, 3.63) is 24.0 Å². The first kappa shape index (κ1) is 13.2. The van der Waals surface area contributed by atoms with Gasteiger partial charge in [0.05, 0.1) is 7.11 Å². The van der Waals surface area contributed by atoms with Crippen molar-refractivity contribution in [3.63, 3.8) is 0 Å². The molecule has 1 aliphatic rings. The highest BCUT2D eigenvalue weighted by molar-refractivity contribution is 5.48. The van der Waals surface area contributed by atoms with Crippen molar-refractivity contribution in [2.75, 3.05) is 12.4 Å². The lowest BCUT2D eigenvalue weighted by Crippen LogP contribution is -2.22. The highest BCUT2D eigenvalue weighted by Gasteiger charge is 2.36. The van der Waals surface area contributed by atoms with E-state index in [4.69, 9.17) is 4.74 Å². The van der Waals surface area contributed by atoms with Gasteiger partial charge >= 0.3 is 0 Å². The Hall–Kier alpha value is -1.25. The molecule has 1 saturated carbocycles. The largest absolute Gasteiger partial charge is 0.494 e. The lowest BCUT2D eigenvalue weighted by Gasteiger charge is -2.20. The third kappa shape index (κ3) is 2.77. The van der Waals surface area contributed by atoms with Gasteiger partial charge in [-0.1, -0.05) is 20.8 Å². The molecule has 3 heteroatoms. The third-order valence-corrected chi connectivity index (χ3v) is 3.84. The average Bonchev–Trinajstić information content (AvgIpc) is 2.52. The number of nitrogens with one attached hydrogen (secondary N) is 1. The highest BCUT2D eigenvalue weighted by Crippen LogP contribution is 2.42. The van der Waals surface area contributed by atoms with E-state index in [1.807, 2.05) is 6.07 Å². The molecule has 18 heavy (non-hydrogen) atoms. The van der Waals surface area contributed by atoms with Gasteiger partial charge in [-0.25, -0.2) is 4.39 Å². The molecular weight excluding hydrogens is 229 g/mol. The van der Waals surface area contributed by atoms with Gasteiger partial charge in [-0.15, -0.1) is 0 Å².